The van der Waals surface area contributed by atoms with Crippen LogP contribution in [-0.2, 0) is 4.79 Å². The number of nitrogens with one attached hydrogen (secondary N) is 2. The molecule has 0 aromatic heterocycles. The highest BCUT2D eigenvalue weighted by molar-refractivity contribution is 6.72. The van der Waals surface area contributed by atoms with Crippen molar-refractivity contribution in [2.75, 3.05) is 28.3 Å². The monoisotopic (exact) mass is 454 g/mol. The number of para-hydroxylation sites is 2. The van der Waals surface area contributed by atoms with Crippen LogP contribution in [0, 0.1) is 0 Å². The normalized spacial score (nSPS) is 14.2. The van der Waals surface area contributed by atoms with Crippen molar-refractivity contribution in [2.45, 2.75) is 13.8 Å². The van der Waals surface area contributed by atoms with Crippen molar-refractivity contribution in [3.8, 4) is 0 Å². The predicted molar refractivity (Wildman–Crippen MR) is 137 cm³/mol. The van der Waals surface area contributed by atoms with E-state index in [9.17, 15) is 9.59 Å². The molecular weight excluding hydrogens is 428 g/mol. The number of anilines is 3. The Hall–Kier alpha value is -4.46. The molecule has 0 unspecified atom stereocenters. The average molecular weight is 455 g/mol. The number of hydrogen-bond acceptors (Lipinski definition) is 5. The van der Waals surface area contributed by atoms with E-state index >= 15 is 0 Å². The lowest BCUT2D eigenvalue weighted by atomic mass is 10.2. The van der Waals surface area contributed by atoms with Crippen molar-refractivity contribution >= 4 is 46.2 Å². The number of carbonyl (C=O) groups excluding carboxylic acids is 2. The molecule has 1 aliphatic heterocycles. The van der Waals surface area contributed by atoms with E-state index in [0.29, 0.717) is 17.1 Å². The fourth-order valence-electron chi connectivity index (χ4n) is 3.57. The third-order valence-electron chi connectivity index (χ3n) is 5.30. The largest absolute Gasteiger partial charge is 0.372 e. The molecule has 0 aliphatic carbocycles. The molecule has 1 aliphatic rings. The van der Waals surface area contributed by atoms with Crippen LogP contribution in [0.5, 0.6) is 0 Å². The first-order valence-corrected chi connectivity index (χ1v) is 11.1. The molecule has 4 rings (SSSR count). The predicted octanol–water partition coefficient (Wildman–Crippen LogP) is 4.79. The summed E-state index contributed by atoms with van der Waals surface area (Å²) in [6, 6.07) is 25.2. The second-order valence-corrected chi connectivity index (χ2v) is 7.50. The highest BCUT2D eigenvalue weighted by atomic mass is 16.2. The Bertz CT molecular complexity index is 1200. The van der Waals surface area contributed by atoms with Gasteiger partial charge in [-0.3, -0.25) is 10.1 Å². The van der Waals surface area contributed by atoms with Gasteiger partial charge in [-0.25, -0.2) is 9.79 Å². The van der Waals surface area contributed by atoms with Crippen LogP contribution in [0.1, 0.15) is 13.8 Å². The van der Waals surface area contributed by atoms with Crippen molar-refractivity contribution in [3.05, 3.63) is 84.9 Å². The summed E-state index contributed by atoms with van der Waals surface area (Å²) in [7, 11) is 0. The number of nitrogens with zero attached hydrogens (tertiary/aromatic N) is 4. The number of benzene rings is 3. The summed E-state index contributed by atoms with van der Waals surface area (Å²) < 4.78 is 0. The molecule has 0 atom stereocenters. The van der Waals surface area contributed by atoms with Gasteiger partial charge in [0.1, 0.15) is 0 Å². The van der Waals surface area contributed by atoms with Crippen LogP contribution in [0.25, 0.3) is 0 Å². The van der Waals surface area contributed by atoms with Gasteiger partial charge < -0.3 is 10.2 Å². The van der Waals surface area contributed by atoms with E-state index in [-0.39, 0.29) is 11.5 Å². The fraction of sp³-hybridized carbons (Fsp3) is 0.154. The molecule has 0 spiro atoms. The standard InChI is InChI=1S/C26H26N6O2/c1-3-31(4-2)21-17-15-20(16-18-21)27-23-24(29-26(34)28-19-11-7-5-8-12-19)30-32(25(23)33)22-13-9-6-10-14-22/h5-18H,3-4H2,1-2H3,(H2,28,29,30,34). The zero-order valence-corrected chi connectivity index (χ0v) is 19.1. The highest BCUT2D eigenvalue weighted by Crippen LogP contribution is 2.23. The molecule has 0 saturated carbocycles. The Morgan fingerprint density at radius 2 is 1.50 bits per heavy atom. The lowest BCUT2D eigenvalue weighted by molar-refractivity contribution is -0.112. The SMILES string of the molecule is CCN(CC)c1ccc(N=C2C(=O)N(c3ccccc3)N=C2NC(=O)Nc2ccccc2)cc1. The Labute approximate surface area is 198 Å². The van der Waals surface area contributed by atoms with E-state index in [0.717, 1.165) is 18.8 Å². The summed E-state index contributed by atoms with van der Waals surface area (Å²) in [6.07, 6.45) is 0. The smallest absolute Gasteiger partial charge is 0.324 e. The maximum absolute atomic E-state index is 13.2. The lowest BCUT2D eigenvalue weighted by Gasteiger charge is -2.20. The number of hydrogen-bond donors (Lipinski definition) is 2. The Morgan fingerprint density at radius 3 is 2.12 bits per heavy atom. The summed E-state index contributed by atoms with van der Waals surface area (Å²) >= 11 is 0. The van der Waals surface area contributed by atoms with Crippen LogP contribution in [0.3, 0.4) is 0 Å². The summed E-state index contributed by atoms with van der Waals surface area (Å²) in [4.78, 5) is 32.6. The quantitative estimate of drug-likeness (QED) is 0.561. The van der Waals surface area contributed by atoms with Gasteiger partial charge in [0.2, 0.25) is 0 Å². The molecule has 2 N–H and O–H groups in total. The van der Waals surface area contributed by atoms with Gasteiger partial charge >= 0.3 is 11.9 Å². The number of amidine groups is 1. The van der Waals surface area contributed by atoms with Crippen LogP contribution in [0.4, 0.5) is 27.5 Å². The minimum absolute atomic E-state index is 0.0580. The van der Waals surface area contributed by atoms with Gasteiger partial charge in [-0.2, -0.15) is 5.01 Å². The topological polar surface area (TPSA) is 89.4 Å². The van der Waals surface area contributed by atoms with Gasteiger partial charge in [-0.1, -0.05) is 36.4 Å². The van der Waals surface area contributed by atoms with Gasteiger partial charge in [0.05, 0.1) is 11.4 Å². The fourth-order valence-corrected chi connectivity index (χ4v) is 3.57. The molecule has 0 saturated heterocycles. The minimum Gasteiger partial charge on any atom is -0.372 e. The maximum Gasteiger partial charge on any atom is 0.324 e. The van der Waals surface area contributed by atoms with Crippen LogP contribution in [0.15, 0.2) is 95.0 Å². The van der Waals surface area contributed by atoms with Crippen LogP contribution in [-0.4, -0.2) is 36.6 Å². The maximum atomic E-state index is 13.2. The first kappa shape index (κ1) is 22.7. The molecule has 0 bridgehead atoms. The van der Waals surface area contributed by atoms with Gasteiger partial charge in [0, 0.05) is 24.5 Å². The van der Waals surface area contributed by atoms with E-state index in [2.05, 4.69) is 39.5 Å². The van der Waals surface area contributed by atoms with Gasteiger partial charge in [0.15, 0.2) is 11.5 Å². The zero-order chi connectivity index (χ0) is 23.9. The first-order valence-electron chi connectivity index (χ1n) is 11.1. The summed E-state index contributed by atoms with van der Waals surface area (Å²) in [5.74, 6) is -0.343. The summed E-state index contributed by atoms with van der Waals surface area (Å²) in [6.45, 7) is 5.99. The van der Waals surface area contributed by atoms with Crippen molar-refractivity contribution in [1.82, 2.24) is 5.32 Å². The molecule has 8 heteroatoms. The second kappa shape index (κ2) is 10.4. The number of rotatable bonds is 6. The van der Waals surface area contributed by atoms with Crippen molar-refractivity contribution in [1.29, 1.82) is 0 Å². The van der Waals surface area contributed by atoms with E-state index in [1.54, 1.807) is 24.3 Å². The minimum atomic E-state index is -0.516. The van der Waals surface area contributed by atoms with E-state index < -0.39 is 11.9 Å². The second-order valence-electron chi connectivity index (χ2n) is 7.50. The van der Waals surface area contributed by atoms with E-state index in [1.165, 1.54) is 5.01 Å². The van der Waals surface area contributed by atoms with Crippen molar-refractivity contribution in [3.63, 3.8) is 0 Å². The van der Waals surface area contributed by atoms with E-state index in [1.807, 2.05) is 60.7 Å². The third kappa shape index (κ3) is 5.12. The molecule has 3 aromatic rings. The third-order valence-corrected chi connectivity index (χ3v) is 5.30. The van der Waals surface area contributed by atoms with Crippen LogP contribution >= 0.6 is 0 Å². The Balaban J connectivity index is 1.62. The summed E-state index contributed by atoms with van der Waals surface area (Å²) in [5.41, 5.74) is 2.93. The number of hydrazone groups is 1. The Kier molecular flexibility index (Phi) is 6.98. The first-order chi connectivity index (χ1) is 16.6. The van der Waals surface area contributed by atoms with Crippen molar-refractivity contribution < 1.29 is 9.59 Å². The molecular formula is C26H26N6O2. The molecule has 3 aromatic carbocycles. The lowest BCUT2D eigenvalue weighted by Crippen LogP contribution is -2.39. The molecule has 0 fully saturated rings. The Morgan fingerprint density at radius 1 is 0.882 bits per heavy atom. The molecule has 0 radical (unpaired) electrons. The molecule has 34 heavy (non-hydrogen) atoms. The number of carbonyl (C=O) groups is 2. The number of urea groups is 1. The number of aliphatic imine (C=N–C) groups is 1. The van der Waals surface area contributed by atoms with Crippen LogP contribution in [0.2, 0.25) is 0 Å². The molecule has 3 amide bonds. The summed E-state index contributed by atoms with van der Waals surface area (Å²) in [5, 5.41) is 11.0. The van der Waals surface area contributed by atoms with Crippen molar-refractivity contribution in [2.24, 2.45) is 10.1 Å². The van der Waals surface area contributed by atoms with Gasteiger partial charge in [-0.15, -0.1) is 5.10 Å². The molecule has 8 nitrogen and oxygen atoms in total. The van der Waals surface area contributed by atoms with E-state index in [4.69, 9.17) is 0 Å². The highest BCUT2D eigenvalue weighted by Gasteiger charge is 2.34. The van der Waals surface area contributed by atoms with Crippen LogP contribution < -0.4 is 20.5 Å². The van der Waals surface area contributed by atoms with Gasteiger partial charge in [-0.05, 0) is 62.4 Å². The zero-order valence-electron chi connectivity index (χ0n) is 19.1. The van der Waals surface area contributed by atoms with Gasteiger partial charge in [0.25, 0.3) is 0 Å². The number of amides is 3. The molecule has 172 valence electrons. The molecule has 1 heterocycles. The average Bonchev–Trinajstić information content (AvgIpc) is 3.16.